The molecule has 0 fully saturated rings. The molecule has 1 heterocycles. The van der Waals surface area contributed by atoms with Gasteiger partial charge in [0.2, 0.25) is 5.91 Å². The van der Waals surface area contributed by atoms with Gasteiger partial charge in [0.1, 0.15) is 5.75 Å². The van der Waals surface area contributed by atoms with Crippen molar-refractivity contribution in [3.05, 3.63) is 46.9 Å². The van der Waals surface area contributed by atoms with Crippen LogP contribution in [-0.2, 0) is 4.79 Å². The molecule has 2 aromatic carbocycles. The second kappa shape index (κ2) is 11.1. The Balaban J connectivity index is 1.77. The van der Waals surface area contributed by atoms with Crippen LogP contribution in [0.3, 0.4) is 0 Å². The third-order valence-corrected chi connectivity index (χ3v) is 7.36. The lowest BCUT2D eigenvalue weighted by Gasteiger charge is -2.24. The number of methoxy groups -OCH3 is 1. The molecule has 1 aromatic heterocycles. The summed E-state index contributed by atoms with van der Waals surface area (Å²) in [5.74, 6) is 1.25. The Morgan fingerprint density at radius 2 is 1.87 bits per heavy atom. The van der Waals surface area contributed by atoms with Gasteiger partial charge in [0.15, 0.2) is 5.13 Å². The monoisotopic (exact) mass is 507 g/mol. The molecule has 0 unspecified atom stereocenters. The summed E-state index contributed by atoms with van der Waals surface area (Å²) in [6.45, 7) is 7.67. The Morgan fingerprint density at radius 1 is 1.13 bits per heavy atom. The van der Waals surface area contributed by atoms with Crippen molar-refractivity contribution < 1.29 is 9.53 Å². The molecule has 8 heteroatoms. The molecule has 0 radical (unpaired) electrons. The first-order chi connectivity index (χ1) is 14.5. The van der Waals surface area contributed by atoms with Crippen molar-refractivity contribution in [2.45, 2.75) is 18.7 Å². The third-order valence-electron chi connectivity index (χ3n) is 4.83. The van der Waals surface area contributed by atoms with Crippen LogP contribution in [0.4, 0.5) is 5.13 Å². The molecule has 160 valence electrons. The minimum Gasteiger partial charge on any atom is -0.497 e. The van der Waals surface area contributed by atoms with E-state index < -0.39 is 0 Å². The standard InChI is InChI=1S/C22H26BrN3O2S2/c1-4-25(5-2)12-13-26(22-24-19-11-6-16(23)14-20(19)30-22)21(27)15-29-18-9-7-17(28-3)8-10-18/h6-11,14H,4-5,12-13,15H2,1-3H3. The Kier molecular flexibility index (Phi) is 8.56. The predicted molar refractivity (Wildman–Crippen MR) is 131 cm³/mol. The number of carbonyl (C=O) groups excluding carboxylic acids is 1. The van der Waals surface area contributed by atoms with Gasteiger partial charge < -0.3 is 9.64 Å². The van der Waals surface area contributed by atoms with Gasteiger partial charge in [0, 0.05) is 22.5 Å². The zero-order chi connectivity index (χ0) is 21.5. The molecule has 0 aliphatic rings. The Morgan fingerprint density at radius 3 is 2.53 bits per heavy atom. The van der Waals surface area contributed by atoms with Crippen molar-refractivity contribution in [2.75, 3.05) is 43.9 Å². The normalized spacial score (nSPS) is 11.2. The van der Waals surface area contributed by atoms with E-state index >= 15 is 0 Å². The van der Waals surface area contributed by atoms with Gasteiger partial charge in [-0.05, 0) is 55.6 Å². The van der Waals surface area contributed by atoms with E-state index in [9.17, 15) is 4.79 Å². The van der Waals surface area contributed by atoms with E-state index in [4.69, 9.17) is 9.72 Å². The predicted octanol–water partition coefficient (Wildman–Crippen LogP) is 5.53. The van der Waals surface area contributed by atoms with E-state index in [2.05, 4.69) is 40.7 Å². The average Bonchev–Trinajstić information content (AvgIpc) is 3.18. The van der Waals surface area contributed by atoms with E-state index in [-0.39, 0.29) is 5.91 Å². The molecule has 0 aliphatic carbocycles. The number of amides is 1. The maximum Gasteiger partial charge on any atom is 0.239 e. The number of thioether (sulfide) groups is 1. The first kappa shape index (κ1) is 23.1. The minimum absolute atomic E-state index is 0.0705. The van der Waals surface area contributed by atoms with Crippen molar-refractivity contribution in [1.29, 1.82) is 0 Å². The second-order valence-electron chi connectivity index (χ2n) is 6.64. The number of hydrogen-bond donors (Lipinski definition) is 0. The maximum atomic E-state index is 13.2. The van der Waals surface area contributed by atoms with E-state index in [1.54, 1.807) is 18.4 Å². The van der Waals surface area contributed by atoms with Gasteiger partial charge in [0.25, 0.3) is 0 Å². The average molecular weight is 509 g/mol. The summed E-state index contributed by atoms with van der Waals surface area (Å²) < 4.78 is 7.29. The highest BCUT2D eigenvalue weighted by molar-refractivity contribution is 9.10. The topological polar surface area (TPSA) is 45.7 Å². The van der Waals surface area contributed by atoms with Crippen LogP contribution >= 0.6 is 39.0 Å². The van der Waals surface area contributed by atoms with E-state index in [1.165, 1.54) is 11.8 Å². The third kappa shape index (κ3) is 5.97. The van der Waals surface area contributed by atoms with E-state index in [0.717, 1.165) is 50.1 Å². The SMILES string of the molecule is CCN(CC)CCN(C(=O)CSc1ccc(OC)cc1)c1nc2ccc(Br)cc2s1. The first-order valence-corrected chi connectivity index (χ1v) is 12.5. The largest absolute Gasteiger partial charge is 0.497 e. The van der Waals surface area contributed by atoms with Crippen LogP contribution in [0.15, 0.2) is 51.8 Å². The molecular weight excluding hydrogens is 482 g/mol. The number of ether oxygens (including phenoxy) is 1. The Labute approximate surface area is 194 Å². The van der Waals surface area contributed by atoms with Crippen LogP contribution in [0.1, 0.15) is 13.8 Å². The lowest BCUT2D eigenvalue weighted by Crippen LogP contribution is -2.39. The van der Waals surface area contributed by atoms with Gasteiger partial charge >= 0.3 is 0 Å². The molecular formula is C22H26BrN3O2S2. The molecule has 0 N–H and O–H groups in total. The van der Waals surface area contributed by atoms with Crippen LogP contribution in [0, 0.1) is 0 Å². The molecule has 3 aromatic rings. The van der Waals surface area contributed by atoms with Gasteiger partial charge in [-0.2, -0.15) is 0 Å². The fraction of sp³-hybridized carbons (Fsp3) is 0.364. The van der Waals surface area contributed by atoms with Crippen molar-refractivity contribution in [2.24, 2.45) is 0 Å². The van der Waals surface area contributed by atoms with E-state index in [1.807, 2.05) is 41.3 Å². The van der Waals surface area contributed by atoms with Crippen molar-refractivity contribution in [1.82, 2.24) is 9.88 Å². The number of likely N-dealkylation sites (N-methyl/N-ethyl adjacent to an activating group) is 1. The number of rotatable bonds is 10. The highest BCUT2D eigenvalue weighted by atomic mass is 79.9. The molecule has 0 saturated carbocycles. The summed E-state index contributed by atoms with van der Waals surface area (Å²) >= 11 is 6.61. The van der Waals surface area contributed by atoms with Crippen molar-refractivity contribution in [3.63, 3.8) is 0 Å². The number of hydrogen-bond acceptors (Lipinski definition) is 6. The molecule has 0 spiro atoms. The summed E-state index contributed by atoms with van der Waals surface area (Å²) in [5.41, 5.74) is 0.918. The summed E-state index contributed by atoms with van der Waals surface area (Å²) in [6.07, 6.45) is 0. The van der Waals surface area contributed by atoms with Gasteiger partial charge in [-0.1, -0.05) is 41.1 Å². The number of anilines is 1. The molecule has 30 heavy (non-hydrogen) atoms. The van der Waals surface area contributed by atoms with Crippen LogP contribution in [0.5, 0.6) is 5.75 Å². The number of thiazole rings is 1. The van der Waals surface area contributed by atoms with Gasteiger partial charge in [-0.15, -0.1) is 11.8 Å². The number of fused-ring (bicyclic) bond motifs is 1. The lowest BCUT2D eigenvalue weighted by molar-refractivity contribution is -0.116. The van der Waals surface area contributed by atoms with Gasteiger partial charge in [-0.25, -0.2) is 4.98 Å². The van der Waals surface area contributed by atoms with Crippen LogP contribution in [-0.4, -0.2) is 54.8 Å². The number of aromatic nitrogens is 1. The zero-order valence-electron chi connectivity index (χ0n) is 17.4. The Bertz CT molecular complexity index is 974. The number of halogens is 1. The summed E-state index contributed by atoms with van der Waals surface area (Å²) in [6, 6.07) is 13.8. The number of carbonyl (C=O) groups is 1. The van der Waals surface area contributed by atoms with Gasteiger partial charge in [0.05, 0.1) is 23.1 Å². The minimum atomic E-state index is 0.0705. The summed E-state index contributed by atoms with van der Waals surface area (Å²) in [5, 5.41) is 0.760. The fourth-order valence-corrected chi connectivity index (χ4v) is 5.34. The molecule has 3 rings (SSSR count). The van der Waals surface area contributed by atoms with Crippen LogP contribution in [0.2, 0.25) is 0 Å². The smallest absolute Gasteiger partial charge is 0.239 e. The fourth-order valence-electron chi connectivity index (χ4n) is 3.00. The zero-order valence-corrected chi connectivity index (χ0v) is 20.6. The molecule has 5 nitrogen and oxygen atoms in total. The molecule has 0 aliphatic heterocycles. The number of benzene rings is 2. The van der Waals surface area contributed by atoms with Crippen molar-refractivity contribution >= 4 is 60.3 Å². The highest BCUT2D eigenvalue weighted by Crippen LogP contribution is 2.31. The maximum absolute atomic E-state index is 13.2. The van der Waals surface area contributed by atoms with Crippen LogP contribution in [0.25, 0.3) is 10.2 Å². The molecule has 0 atom stereocenters. The van der Waals surface area contributed by atoms with Crippen molar-refractivity contribution in [3.8, 4) is 5.75 Å². The van der Waals surface area contributed by atoms with Gasteiger partial charge in [-0.3, -0.25) is 9.69 Å². The Hall–Kier alpha value is -1.61. The summed E-state index contributed by atoms with van der Waals surface area (Å²) in [4.78, 5) is 23.1. The molecule has 1 amide bonds. The second-order valence-corrected chi connectivity index (χ2v) is 9.62. The summed E-state index contributed by atoms with van der Waals surface area (Å²) in [7, 11) is 1.65. The quantitative estimate of drug-likeness (QED) is 0.337. The first-order valence-electron chi connectivity index (χ1n) is 9.89. The van der Waals surface area contributed by atoms with E-state index in [0.29, 0.717) is 12.3 Å². The molecule has 0 bridgehead atoms. The molecule has 0 saturated heterocycles. The number of nitrogens with zero attached hydrogens (tertiary/aromatic N) is 3. The highest BCUT2D eigenvalue weighted by Gasteiger charge is 2.20. The van der Waals surface area contributed by atoms with Crippen LogP contribution < -0.4 is 9.64 Å². The lowest BCUT2D eigenvalue weighted by atomic mass is 10.3.